The zero-order chi connectivity index (χ0) is 12.8. The molecule has 0 saturated heterocycles. The molecule has 2 aromatic carbocycles. The van der Waals surface area contributed by atoms with Gasteiger partial charge in [-0.3, -0.25) is 0 Å². The Labute approximate surface area is 112 Å². The Balaban J connectivity index is 1.62. The Morgan fingerprint density at radius 2 is 1.63 bits per heavy atom. The molecule has 19 heavy (non-hydrogen) atoms. The van der Waals surface area contributed by atoms with Gasteiger partial charge in [0.1, 0.15) is 6.10 Å². The topological polar surface area (TPSA) is 29.5 Å². The molecule has 2 bridgehead atoms. The summed E-state index contributed by atoms with van der Waals surface area (Å²) >= 11 is 0. The van der Waals surface area contributed by atoms with Crippen LogP contribution in [-0.2, 0) is 0 Å². The van der Waals surface area contributed by atoms with Crippen LogP contribution in [-0.4, -0.2) is 11.2 Å². The monoisotopic (exact) mass is 252 g/mol. The first kappa shape index (κ1) is 10.9. The second kappa shape index (κ2) is 4.02. The molecule has 3 atom stereocenters. The van der Waals surface area contributed by atoms with Crippen LogP contribution < -0.4 is 4.74 Å². The predicted molar refractivity (Wildman–Crippen MR) is 73.7 cm³/mol. The van der Waals surface area contributed by atoms with Gasteiger partial charge in [-0.15, -0.1) is 0 Å². The maximum absolute atomic E-state index is 9.81. The molecule has 3 unspecified atom stereocenters. The molecular weight excluding hydrogens is 236 g/mol. The van der Waals surface area contributed by atoms with E-state index in [1.165, 1.54) is 17.5 Å². The van der Waals surface area contributed by atoms with Crippen LogP contribution in [0.3, 0.4) is 0 Å². The van der Waals surface area contributed by atoms with Crippen molar-refractivity contribution in [3.8, 4) is 11.5 Å². The SMILES string of the molecule is Oc1ccccc1OC1CC2CC1c1ccccc12. The van der Waals surface area contributed by atoms with Gasteiger partial charge in [-0.05, 0) is 42.0 Å². The minimum absolute atomic E-state index is 0.202. The van der Waals surface area contributed by atoms with E-state index < -0.39 is 0 Å². The van der Waals surface area contributed by atoms with Gasteiger partial charge in [-0.1, -0.05) is 36.4 Å². The third-order valence-electron chi connectivity index (χ3n) is 4.48. The lowest BCUT2D eigenvalue weighted by molar-refractivity contribution is 0.178. The number of hydrogen-bond donors (Lipinski definition) is 1. The molecule has 0 radical (unpaired) electrons. The van der Waals surface area contributed by atoms with Crippen molar-refractivity contribution in [1.82, 2.24) is 0 Å². The van der Waals surface area contributed by atoms with Gasteiger partial charge in [0.25, 0.3) is 0 Å². The Bertz CT molecular complexity index is 620. The number of hydrogen-bond acceptors (Lipinski definition) is 2. The van der Waals surface area contributed by atoms with E-state index in [9.17, 15) is 5.11 Å². The van der Waals surface area contributed by atoms with Crippen molar-refractivity contribution in [2.75, 3.05) is 0 Å². The van der Waals surface area contributed by atoms with Gasteiger partial charge in [0.15, 0.2) is 11.5 Å². The number of aromatic hydroxyl groups is 1. The van der Waals surface area contributed by atoms with Crippen LogP contribution in [0.4, 0.5) is 0 Å². The van der Waals surface area contributed by atoms with Crippen LogP contribution in [0.1, 0.15) is 35.8 Å². The summed E-state index contributed by atoms with van der Waals surface area (Å²) in [5.41, 5.74) is 2.95. The summed E-state index contributed by atoms with van der Waals surface area (Å²) in [4.78, 5) is 0. The minimum atomic E-state index is 0.202. The molecule has 2 aliphatic rings. The highest BCUT2D eigenvalue weighted by atomic mass is 16.5. The normalized spacial score (nSPS) is 27.3. The lowest BCUT2D eigenvalue weighted by Crippen LogP contribution is -2.22. The lowest BCUT2D eigenvalue weighted by Gasteiger charge is -2.25. The first-order valence-electron chi connectivity index (χ1n) is 6.86. The van der Waals surface area contributed by atoms with Crippen LogP contribution in [0.15, 0.2) is 48.5 Å². The maximum Gasteiger partial charge on any atom is 0.161 e. The van der Waals surface area contributed by atoms with Crippen LogP contribution in [0.25, 0.3) is 0 Å². The molecule has 0 amide bonds. The molecule has 2 nitrogen and oxygen atoms in total. The molecule has 1 N–H and O–H groups in total. The second-order valence-electron chi connectivity index (χ2n) is 5.53. The summed E-state index contributed by atoms with van der Waals surface area (Å²) < 4.78 is 6.05. The highest BCUT2D eigenvalue weighted by Crippen LogP contribution is 2.54. The fraction of sp³-hybridized carbons (Fsp3) is 0.294. The van der Waals surface area contributed by atoms with Gasteiger partial charge in [-0.2, -0.15) is 0 Å². The summed E-state index contributed by atoms with van der Waals surface area (Å²) in [5.74, 6) is 1.97. The van der Waals surface area contributed by atoms with Crippen molar-refractivity contribution < 1.29 is 9.84 Å². The average molecular weight is 252 g/mol. The number of ether oxygens (including phenoxy) is 1. The minimum Gasteiger partial charge on any atom is -0.504 e. The van der Waals surface area contributed by atoms with E-state index >= 15 is 0 Å². The van der Waals surface area contributed by atoms with Crippen molar-refractivity contribution in [2.24, 2.45) is 0 Å². The largest absolute Gasteiger partial charge is 0.504 e. The predicted octanol–water partition coefficient (Wildman–Crippen LogP) is 3.81. The standard InChI is InChI=1S/C17H16O2/c18-15-7-3-4-8-16(15)19-17-10-11-9-14(17)13-6-2-1-5-12(11)13/h1-8,11,14,17-18H,9-10H2. The molecule has 0 aliphatic heterocycles. The number of phenolic OH excluding ortho intramolecular Hbond substituents is 1. The van der Waals surface area contributed by atoms with Crippen LogP contribution in [0.2, 0.25) is 0 Å². The maximum atomic E-state index is 9.81. The molecule has 0 spiro atoms. The van der Waals surface area contributed by atoms with E-state index in [1.54, 1.807) is 6.07 Å². The van der Waals surface area contributed by atoms with Crippen molar-refractivity contribution in [1.29, 1.82) is 0 Å². The molecule has 0 aromatic heterocycles. The Morgan fingerprint density at radius 1 is 0.895 bits per heavy atom. The van der Waals surface area contributed by atoms with E-state index in [0.29, 0.717) is 17.6 Å². The van der Waals surface area contributed by atoms with E-state index in [0.717, 1.165) is 6.42 Å². The Kier molecular flexibility index (Phi) is 2.31. The summed E-state index contributed by atoms with van der Waals surface area (Å²) in [6.45, 7) is 0. The third-order valence-corrected chi connectivity index (χ3v) is 4.48. The van der Waals surface area contributed by atoms with E-state index in [2.05, 4.69) is 24.3 Å². The molecule has 2 aromatic rings. The Hall–Kier alpha value is -1.96. The molecule has 96 valence electrons. The van der Waals surface area contributed by atoms with Gasteiger partial charge in [-0.25, -0.2) is 0 Å². The van der Waals surface area contributed by atoms with Crippen molar-refractivity contribution in [2.45, 2.75) is 30.8 Å². The van der Waals surface area contributed by atoms with Crippen LogP contribution in [0, 0.1) is 0 Å². The summed E-state index contributed by atoms with van der Waals surface area (Å²) in [7, 11) is 0. The summed E-state index contributed by atoms with van der Waals surface area (Å²) in [5, 5.41) is 9.81. The third kappa shape index (κ3) is 1.63. The number of fused-ring (bicyclic) bond motifs is 5. The molecule has 2 aliphatic carbocycles. The molecular formula is C17H16O2. The van der Waals surface area contributed by atoms with E-state index in [4.69, 9.17) is 4.74 Å². The average Bonchev–Trinajstić information content (AvgIpc) is 3.00. The smallest absolute Gasteiger partial charge is 0.161 e. The van der Waals surface area contributed by atoms with Gasteiger partial charge in [0, 0.05) is 5.92 Å². The van der Waals surface area contributed by atoms with E-state index in [-0.39, 0.29) is 11.9 Å². The second-order valence-corrected chi connectivity index (χ2v) is 5.53. The van der Waals surface area contributed by atoms with Crippen LogP contribution in [0.5, 0.6) is 11.5 Å². The van der Waals surface area contributed by atoms with Crippen molar-refractivity contribution in [3.05, 3.63) is 59.7 Å². The van der Waals surface area contributed by atoms with Crippen molar-refractivity contribution >= 4 is 0 Å². The molecule has 4 rings (SSSR count). The van der Waals surface area contributed by atoms with Crippen molar-refractivity contribution in [3.63, 3.8) is 0 Å². The Morgan fingerprint density at radius 3 is 2.47 bits per heavy atom. The van der Waals surface area contributed by atoms with Gasteiger partial charge >= 0.3 is 0 Å². The number of rotatable bonds is 2. The molecule has 0 heterocycles. The zero-order valence-electron chi connectivity index (χ0n) is 10.6. The molecule has 1 saturated carbocycles. The lowest BCUT2D eigenvalue weighted by atomic mass is 9.90. The molecule has 2 heteroatoms. The molecule has 1 fully saturated rings. The number of phenols is 1. The van der Waals surface area contributed by atoms with Gasteiger partial charge in [0.2, 0.25) is 0 Å². The zero-order valence-corrected chi connectivity index (χ0v) is 10.6. The van der Waals surface area contributed by atoms with Gasteiger partial charge in [0.05, 0.1) is 0 Å². The summed E-state index contributed by atoms with van der Waals surface area (Å²) in [6, 6.07) is 15.9. The first-order valence-corrected chi connectivity index (χ1v) is 6.86. The van der Waals surface area contributed by atoms with Gasteiger partial charge < -0.3 is 9.84 Å². The van der Waals surface area contributed by atoms with E-state index in [1.807, 2.05) is 18.2 Å². The first-order chi connectivity index (χ1) is 9.33. The number of para-hydroxylation sites is 2. The van der Waals surface area contributed by atoms with Crippen LogP contribution >= 0.6 is 0 Å². The fourth-order valence-electron chi connectivity index (χ4n) is 3.65. The highest BCUT2D eigenvalue weighted by molar-refractivity contribution is 5.44. The summed E-state index contributed by atoms with van der Waals surface area (Å²) in [6.07, 6.45) is 2.46. The number of benzene rings is 2. The quantitative estimate of drug-likeness (QED) is 0.880. The highest BCUT2D eigenvalue weighted by Gasteiger charge is 2.45. The fourth-order valence-corrected chi connectivity index (χ4v) is 3.65.